The first-order valence-electron chi connectivity index (χ1n) is 8.86. The highest BCUT2D eigenvalue weighted by Crippen LogP contribution is 2.19. The average Bonchev–Trinajstić information content (AvgIpc) is 3.15. The van der Waals surface area contributed by atoms with Gasteiger partial charge < -0.3 is 20.9 Å². The molecule has 0 aliphatic carbocycles. The van der Waals surface area contributed by atoms with Crippen molar-refractivity contribution in [1.29, 1.82) is 0 Å². The molecule has 0 spiro atoms. The number of benzene rings is 2. The zero-order valence-corrected chi connectivity index (χ0v) is 15.0. The van der Waals surface area contributed by atoms with E-state index in [1.54, 1.807) is 7.05 Å². The van der Waals surface area contributed by atoms with Crippen molar-refractivity contribution in [2.45, 2.75) is 12.5 Å². The summed E-state index contributed by atoms with van der Waals surface area (Å²) in [6.07, 6.45) is 1.03. The molecule has 3 N–H and O–H groups in total. The molecule has 1 fully saturated rings. The first kappa shape index (κ1) is 17.8. The Labute approximate surface area is 154 Å². The van der Waals surface area contributed by atoms with E-state index in [0.717, 1.165) is 25.2 Å². The number of guanidine groups is 1. The molecule has 6 heteroatoms. The first-order chi connectivity index (χ1) is 12.7. The van der Waals surface area contributed by atoms with Crippen molar-refractivity contribution in [1.82, 2.24) is 10.6 Å². The van der Waals surface area contributed by atoms with E-state index in [0.29, 0.717) is 12.0 Å². The third-order valence-electron chi connectivity index (χ3n) is 4.35. The molecular weight excluding hydrogens is 326 g/mol. The lowest BCUT2D eigenvalue weighted by Crippen LogP contribution is -2.46. The summed E-state index contributed by atoms with van der Waals surface area (Å²) in [6, 6.07) is 20.1. The van der Waals surface area contributed by atoms with Gasteiger partial charge in [-0.25, -0.2) is 0 Å². The average molecular weight is 351 g/mol. The van der Waals surface area contributed by atoms with E-state index in [-0.39, 0.29) is 12.5 Å². The molecule has 0 bridgehead atoms. The number of aliphatic imine (C=N–C) groups is 1. The molecule has 0 aromatic heterocycles. The Bertz CT molecular complexity index is 732. The molecule has 1 aliphatic rings. The Morgan fingerprint density at radius 3 is 2.50 bits per heavy atom. The molecule has 6 nitrogen and oxygen atoms in total. The third-order valence-corrected chi connectivity index (χ3v) is 4.35. The maximum absolute atomic E-state index is 12.0. The fraction of sp³-hybridized carbons (Fsp3) is 0.300. The SMILES string of the molecule is CN=C(NCC(=O)Nc1ccccc1)NC1CCN(c2ccccc2)C1. The summed E-state index contributed by atoms with van der Waals surface area (Å²) in [4.78, 5) is 18.6. The number of nitrogens with zero attached hydrogens (tertiary/aromatic N) is 2. The Morgan fingerprint density at radius 2 is 1.81 bits per heavy atom. The summed E-state index contributed by atoms with van der Waals surface area (Å²) in [5.74, 6) is 0.546. The highest BCUT2D eigenvalue weighted by Gasteiger charge is 2.23. The smallest absolute Gasteiger partial charge is 0.243 e. The summed E-state index contributed by atoms with van der Waals surface area (Å²) in [7, 11) is 1.72. The quantitative estimate of drug-likeness (QED) is 0.570. The lowest BCUT2D eigenvalue weighted by atomic mass is 10.3. The summed E-state index contributed by atoms with van der Waals surface area (Å²) in [6.45, 7) is 2.10. The first-order valence-corrected chi connectivity index (χ1v) is 8.86. The van der Waals surface area contributed by atoms with Crippen molar-refractivity contribution < 1.29 is 4.79 Å². The Morgan fingerprint density at radius 1 is 1.12 bits per heavy atom. The molecule has 1 amide bonds. The van der Waals surface area contributed by atoms with Crippen molar-refractivity contribution in [3.8, 4) is 0 Å². The summed E-state index contributed by atoms with van der Waals surface area (Å²) >= 11 is 0. The van der Waals surface area contributed by atoms with Crippen LogP contribution in [-0.2, 0) is 4.79 Å². The maximum Gasteiger partial charge on any atom is 0.243 e. The number of rotatable bonds is 5. The van der Waals surface area contributed by atoms with Crippen LogP contribution >= 0.6 is 0 Å². The zero-order chi connectivity index (χ0) is 18.2. The number of carbonyl (C=O) groups excluding carboxylic acids is 1. The number of amides is 1. The number of hydrogen-bond acceptors (Lipinski definition) is 3. The Hall–Kier alpha value is -3.02. The minimum absolute atomic E-state index is 0.100. The number of nitrogens with one attached hydrogen (secondary N) is 3. The van der Waals surface area contributed by atoms with Crippen LogP contribution in [0.25, 0.3) is 0 Å². The van der Waals surface area contributed by atoms with Crippen LogP contribution in [0.4, 0.5) is 11.4 Å². The van der Waals surface area contributed by atoms with E-state index in [9.17, 15) is 4.79 Å². The van der Waals surface area contributed by atoms with Gasteiger partial charge in [0.05, 0.1) is 6.54 Å². The van der Waals surface area contributed by atoms with Crippen LogP contribution in [-0.4, -0.2) is 44.6 Å². The second kappa shape index (κ2) is 8.89. The molecular formula is C20H25N5O. The molecule has 1 aliphatic heterocycles. The van der Waals surface area contributed by atoms with Crippen LogP contribution in [0.1, 0.15) is 6.42 Å². The predicted molar refractivity (Wildman–Crippen MR) is 107 cm³/mol. The fourth-order valence-corrected chi connectivity index (χ4v) is 3.03. The van der Waals surface area contributed by atoms with Gasteiger partial charge in [0.1, 0.15) is 0 Å². The van der Waals surface area contributed by atoms with Gasteiger partial charge in [-0.05, 0) is 30.7 Å². The van der Waals surface area contributed by atoms with Gasteiger partial charge in [0, 0.05) is 37.6 Å². The lowest BCUT2D eigenvalue weighted by Gasteiger charge is -2.20. The van der Waals surface area contributed by atoms with Gasteiger partial charge in [-0.2, -0.15) is 0 Å². The van der Waals surface area contributed by atoms with E-state index in [2.05, 4.69) is 50.1 Å². The van der Waals surface area contributed by atoms with Crippen molar-refractivity contribution in [2.75, 3.05) is 36.9 Å². The van der Waals surface area contributed by atoms with Crippen LogP contribution in [0.15, 0.2) is 65.7 Å². The van der Waals surface area contributed by atoms with Gasteiger partial charge >= 0.3 is 0 Å². The molecule has 2 aromatic carbocycles. The number of anilines is 2. The highest BCUT2D eigenvalue weighted by molar-refractivity contribution is 5.95. The van der Waals surface area contributed by atoms with Gasteiger partial charge in [0.15, 0.2) is 5.96 Å². The van der Waals surface area contributed by atoms with E-state index in [1.165, 1.54) is 5.69 Å². The van der Waals surface area contributed by atoms with Gasteiger partial charge in [0.25, 0.3) is 0 Å². The predicted octanol–water partition coefficient (Wildman–Crippen LogP) is 2.07. The molecule has 0 radical (unpaired) electrons. The number of para-hydroxylation sites is 2. The van der Waals surface area contributed by atoms with Gasteiger partial charge in [-0.15, -0.1) is 0 Å². The molecule has 136 valence electrons. The minimum Gasteiger partial charge on any atom is -0.369 e. The van der Waals surface area contributed by atoms with Crippen LogP contribution in [0.3, 0.4) is 0 Å². The largest absolute Gasteiger partial charge is 0.369 e. The summed E-state index contributed by atoms with van der Waals surface area (Å²) in [5.41, 5.74) is 2.03. The highest BCUT2D eigenvalue weighted by atomic mass is 16.1. The van der Waals surface area contributed by atoms with Crippen LogP contribution in [0, 0.1) is 0 Å². The fourth-order valence-electron chi connectivity index (χ4n) is 3.03. The third kappa shape index (κ3) is 4.99. The Balaban J connectivity index is 1.44. The van der Waals surface area contributed by atoms with Crippen molar-refractivity contribution in [3.63, 3.8) is 0 Å². The minimum atomic E-state index is -0.100. The second-order valence-corrected chi connectivity index (χ2v) is 6.25. The monoisotopic (exact) mass is 351 g/mol. The van der Waals surface area contributed by atoms with Crippen molar-refractivity contribution in [2.24, 2.45) is 4.99 Å². The summed E-state index contributed by atoms with van der Waals surface area (Å²) in [5, 5.41) is 9.33. The van der Waals surface area contributed by atoms with Crippen LogP contribution in [0.2, 0.25) is 0 Å². The molecule has 1 unspecified atom stereocenters. The van der Waals surface area contributed by atoms with Gasteiger partial charge in [0.2, 0.25) is 5.91 Å². The Kier molecular flexibility index (Phi) is 6.09. The van der Waals surface area contributed by atoms with E-state index >= 15 is 0 Å². The molecule has 0 saturated carbocycles. The lowest BCUT2D eigenvalue weighted by molar-refractivity contribution is -0.115. The van der Waals surface area contributed by atoms with Crippen LogP contribution in [0.5, 0.6) is 0 Å². The molecule has 3 rings (SSSR count). The molecule has 26 heavy (non-hydrogen) atoms. The summed E-state index contributed by atoms with van der Waals surface area (Å²) < 4.78 is 0. The topological polar surface area (TPSA) is 68.8 Å². The number of carbonyl (C=O) groups is 1. The second-order valence-electron chi connectivity index (χ2n) is 6.25. The van der Waals surface area contributed by atoms with Crippen LogP contribution < -0.4 is 20.9 Å². The number of hydrogen-bond donors (Lipinski definition) is 3. The van der Waals surface area contributed by atoms with Gasteiger partial charge in [-0.1, -0.05) is 36.4 Å². The maximum atomic E-state index is 12.0. The molecule has 1 atom stereocenters. The molecule has 2 aromatic rings. The normalized spacial score (nSPS) is 17.0. The van der Waals surface area contributed by atoms with E-state index in [1.807, 2.05) is 36.4 Å². The van der Waals surface area contributed by atoms with Crippen molar-refractivity contribution >= 4 is 23.2 Å². The van der Waals surface area contributed by atoms with E-state index in [4.69, 9.17) is 0 Å². The zero-order valence-electron chi connectivity index (χ0n) is 15.0. The van der Waals surface area contributed by atoms with Crippen molar-refractivity contribution in [3.05, 3.63) is 60.7 Å². The molecule has 1 heterocycles. The standard InChI is InChI=1S/C20H25N5O/c1-21-20(22-14-19(26)23-16-8-4-2-5-9-16)24-17-12-13-25(15-17)18-10-6-3-7-11-18/h2-11,17H,12-15H2,1H3,(H,23,26)(H2,21,22,24). The molecule has 1 saturated heterocycles. The van der Waals surface area contributed by atoms with E-state index < -0.39 is 0 Å². The van der Waals surface area contributed by atoms with Gasteiger partial charge in [-0.3, -0.25) is 9.79 Å².